The standard InChI is InChI=1S/C18H20ClNO/c1-12-3-5-14(11-20-16-7-8-16)9-17(12)21-18-10-15(19)6-4-13(18)2/h3-6,9-10,16,20H,7-8,11H2,1-2H3. The number of ether oxygens (including phenoxy) is 1. The van der Waals surface area contributed by atoms with Crippen LogP contribution in [0.1, 0.15) is 29.5 Å². The lowest BCUT2D eigenvalue weighted by Gasteiger charge is -2.13. The van der Waals surface area contributed by atoms with E-state index in [9.17, 15) is 0 Å². The molecule has 0 heterocycles. The fourth-order valence-corrected chi connectivity index (χ4v) is 2.38. The molecule has 0 aliphatic heterocycles. The zero-order valence-electron chi connectivity index (χ0n) is 12.4. The third-order valence-corrected chi connectivity index (χ3v) is 4.03. The molecule has 1 fully saturated rings. The minimum absolute atomic E-state index is 0.694. The van der Waals surface area contributed by atoms with Crippen molar-refractivity contribution in [2.24, 2.45) is 0 Å². The lowest BCUT2D eigenvalue weighted by Crippen LogP contribution is -2.15. The fourth-order valence-electron chi connectivity index (χ4n) is 2.22. The Morgan fingerprint density at radius 1 is 1.05 bits per heavy atom. The Morgan fingerprint density at radius 2 is 1.71 bits per heavy atom. The van der Waals surface area contributed by atoms with Gasteiger partial charge in [-0.3, -0.25) is 0 Å². The normalized spacial score (nSPS) is 14.2. The summed E-state index contributed by atoms with van der Waals surface area (Å²) in [5, 5.41) is 4.22. The van der Waals surface area contributed by atoms with Crippen LogP contribution in [-0.4, -0.2) is 6.04 Å². The number of aryl methyl sites for hydroxylation is 2. The Bertz CT molecular complexity index is 650. The molecule has 0 aromatic heterocycles. The molecule has 0 spiro atoms. The lowest BCUT2D eigenvalue weighted by molar-refractivity contribution is 0.474. The lowest BCUT2D eigenvalue weighted by atomic mass is 10.1. The average Bonchev–Trinajstić information content (AvgIpc) is 3.28. The molecule has 0 bridgehead atoms. The summed E-state index contributed by atoms with van der Waals surface area (Å²) in [7, 11) is 0. The van der Waals surface area contributed by atoms with Gasteiger partial charge in [0.15, 0.2) is 0 Å². The second-order valence-corrected chi connectivity index (χ2v) is 6.20. The van der Waals surface area contributed by atoms with Crippen LogP contribution in [-0.2, 0) is 6.54 Å². The van der Waals surface area contributed by atoms with E-state index in [1.165, 1.54) is 18.4 Å². The number of hydrogen-bond acceptors (Lipinski definition) is 2. The second-order valence-electron chi connectivity index (χ2n) is 5.77. The van der Waals surface area contributed by atoms with Crippen LogP contribution in [0, 0.1) is 13.8 Å². The Balaban J connectivity index is 1.79. The van der Waals surface area contributed by atoms with Gasteiger partial charge in [-0.1, -0.05) is 29.8 Å². The Hall–Kier alpha value is -1.51. The van der Waals surface area contributed by atoms with Crippen molar-refractivity contribution in [3.63, 3.8) is 0 Å². The van der Waals surface area contributed by atoms with Gasteiger partial charge in [-0.15, -0.1) is 0 Å². The zero-order chi connectivity index (χ0) is 14.8. The van der Waals surface area contributed by atoms with Crippen molar-refractivity contribution in [3.8, 4) is 11.5 Å². The number of halogens is 1. The topological polar surface area (TPSA) is 21.3 Å². The number of nitrogens with one attached hydrogen (secondary N) is 1. The highest BCUT2D eigenvalue weighted by molar-refractivity contribution is 6.30. The summed E-state index contributed by atoms with van der Waals surface area (Å²) in [6, 6.07) is 12.8. The molecule has 0 saturated heterocycles. The smallest absolute Gasteiger partial charge is 0.131 e. The first-order chi connectivity index (χ1) is 10.1. The monoisotopic (exact) mass is 301 g/mol. The van der Waals surface area contributed by atoms with Crippen molar-refractivity contribution >= 4 is 11.6 Å². The molecule has 2 aromatic rings. The highest BCUT2D eigenvalue weighted by Crippen LogP contribution is 2.30. The summed E-state index contributed by atoms with van der Waals surface area (Å²) in [6.45, 7) is 4.99. The largest absolute Gasteiger partial charge is 0.457 e. The van der Waals surface area contributed by atoms with Gasteiger partial charge in [0.2, 0.25) is 0 Å². The Morgan fingerprint density at radius 3 is 2.43 bits per heavy atom. The van der Waals surface area contributed by atoms with Gasteiger partial charge in [-0.05, 0) is 61.6 Å². The van der Waals surface area contributed by atoms with Crippen LogP contribution in [0.5, 0.6) is 11.5 Å². The van der Waals surface area contributed by atoms with E-state index in [0.29, 0.717) is 11.1 Å². The molecule has 1 N–H and O–H groups in total. The van der Waals surface area contributed by atoms with Crippen LogP contribution >= 0.6 is 11.6 Å². The number of hydrogen-bond donors (Lipinski definition) is 1. The number of benzene rings is 2. The van der Waals surface area contributed by atoms with Crippen LogP contribution in [0.2, 0.25) is 5.02 Å². The molecule has 1 aliphatic carbocycles. The van der Waals surface area contributed by atoms with E-state index < -0.39 is 0 Å². The molecule has 3 rings (SSSR count). The molecule has 1 aliphatic rings. The van der Waals surface area contributed by atoms with Crippen molar-refractivity contribution in [3.05, 3.63) is 58.1 Å². The maximum Gasteiger partial charge on any atom is 0.131 e. The third kappa shape index (κ3) is 3.78. The van der Waals surface area contributed by atoms with E-state index >= 15 is 0 Å². The molecule has 2 nitrogen and oxygen atoms in total. The SMILES string of the molecule is Cc1ccc(Cl)cc1Oc1cc(CNC2CC2)ccc1C. The summed E-state index contributed by atoms with van der Waals surface area (Å²) < 4.78 is 6.07. The maximum atomic E-state index is 6.07. The number of rotatable bonds is 5. The molecule has 0 atom stereocenters. The first-order valence-electron chi connectivity index (χ1n) is 7.39. The maximum absolute atomic E-state index is 6.07. The van der Waals surface area contributed by atoms with Crippen LogP contribution in [0.3, 0.4) is 0 Å². The van der Waals surface area contributed by atoms with Gasteiger partial charge in [0.25, 0.3) is 0 Å². The van der Waals surface area contributed by atoms with Gasteiger partial charge in [0.1, 0.15) is 11.5 Å². The molecule has 110 valence electrons. The first-order valence-corrected chi connectivity index (χ1v) is 7.76. The summed E-state index contributed by atoms with van der Waals surface area (Å²) in [5.41, 5.74) is 3.46. The minimum atomic E-state index is 0.694. The van der Waals surface area contributed by atoms with E-state index in [-0.39, 0.29) is 0 Å². The highest BCUT2D eigenvalue weighted by Gasteiger charge is 2.20. The molecule has 0 radical (unpaired) electrons. The van der Waals surface area contributed by atoms with E-state index in [1.807, 2.05) is 25.1 Å². The van der Waals surface area contributed by atoms with Gasteiger partial charge in [0.05, 0.1) is 0 Å². The van der Waals surface area contributed by atoms with Crippen LogP contribution in [0.15, 0.2) is 36.4 Å². The summed E-state index contributed by atoms with van der Waals surface area (Å²) in [5.74, 6) is 1.72. The second kappa shape index (κ2) is 6.08. The minimum Gasteiger partial charge on any atom is -0.457 e. The van der Waals surface area contributed by atoms with Crippen molar-refractivity contribution in [1.29, 1.82) is 0 Å². The van der Waals surface area contributed by atoms with Gasteiger partial charge in [-0.2, -0.15) is 0 Å². The van der Waals surface area contributed by atoms with E-state index in [2.05, 4.69) is 30.4 Å². The molecule has 21 heavy (non-hydrogen) atoms. The first kappa shape index (κ1) is 14.4. The zero-order valence-corrected chi connectivity index (χ0v) is 13.2. The predicted octanol–water partition coefficient (Wildman–Crippen LogP) is 5.00. The summed E-state index contributed by atoms with van der Waals surface area (Å²) >= 11 is 6.06. The van der Waals surface area contributed by atoms with Crippen molar-refractivity contribution in [2.75, 3.05) is 0 Å². The molecule has 1 saturated carbocycles. The third-order valence-electron chi connectivity index (χ3n) is 3.79. The quantitative estimate of drug-likeness (QED) is 0.839. The van der Waals surface area contributed by atoms with Crippen molar-refractivity contribution < 1.29 is 4.74 Å². The van der Waals surface area contributed by atoms with Crippen LogP contribution in [0.25, 0.3) is 0 Å². The van der Waals surface area contributed by atoms with Gasteiger partial charge in [0, 0.05) is 17.6 Å². The molecular weight excluding hydrogens is 282 g/mol. The van der Waals surface area contributed by atoms with Gasteiger partial charge < -0.3 is 10.1 Å². The molecule has 0 amide bonds. The highest BCUT2D eigenvalue weighted by atomic mass is 35.5. The van der Waals surface area contributed by atoms with Gasteiger partial charge >= 0.3 is 0 Å². The average molecular weight is 302 g/mol. The van der Waals surface area contributed by atoms with Crippen LogP contribution in [0.4, 0.5) is 0 Å². The molecule has 0 unspecified atom stereocenters. The Kier molecular flexibility index (Phi) is 4.18. The fraction of sp³-hybridized carbons (Fsp3) is 0.333. The predicted molar refractivity (Wildman–Crippen MR) is 87.3 cm³/mol. The molecule has 3 heteroatoms. The van der Waals surface area contributed by atoms with Crippen LogP contribution < -0.4 is 10.1 Å². The summed E-state index contributed by atoms with van der Waals surface area (Å²) in [4.78, 5) is 0. The molecular formula is C18H20ClNO. The van der Waals surface area contributed by atoms with Gasteiger partial charge in [-0.25, -0.2) is 0 Å². The Labute approximate surface area is 131 Å². The summed E-state index contributed by atoms with van der Waals surface area (Å²) in [6.07, 6.45) is 2.61. The van der Waals surface area contributed by atoms with E-state index in [1.54, 1.807) is 0 Å². The molecule has 2 aromatic carbocycles. The van der Waals surface area contributed by atoms with E-state index in [4.69, 9.17) is 16.3 Å². The van der Waals surface area contributed by atoms with Crippen molar-refractivity contribution in [2.45, 2.75) is 39.3 Å². The van der Waals surface area contributed by atoms with E-state index in [0.717, 1.165) is 29.2 Å². The van der Waals surface area contributed by atoms with Crippen molar-refractivity contribution in [1.82, 2.24) is 5.32 Å².